The SMILES string of the molecule is CNc1cc(SC2CCOCC2)nc(C(C)C)n1. The molecule has 0 amide bonds. The zero-order chi connectivity index (χ0) is 13.0. The number of aromatic nitrogens is 2. The molecule has 1 N–H and O–H groups in total. The summed E-state index contributed by atoms with van der Waals surface area (Å²) >= 11 is 1.85. The number of nitrogens with zero attached hydrogens (tertiary/aromatic N) is 2. The minimum atomic E-state index is 0.354. The Balaban J connectivity index is 2.12. The molecule has 1 aliphatic heterocycles. The van der Waals surface area contributed by atoms with Crippen LogP contribution >= 0.6 is 11.8 Å². The van der Waals surface area contributed by atoms with Crippen LogP contribution in [0.2, 0.25) is 0 Å². The van der Waals surface area contributed by atoms with E-state index < -0.39 is 0 Å². The van der Waals surface area contributed by atoms with Crippen LogP contribution in [0.1, 0.15) is 38.4 Å². The molecule has 1 aliphatic rings. The Labute approximate surface area is 113 Å². The van der Waals surface area contributed by atoms with Crippen LogP contribution in [0.25, 0.3) is 0 Å². The molecule has 1 fully saturated rings. The lowest BCUT2D eigenvalue weighted by atomic mass is 10.2. The lowest BCUT2D eigenvalue weighted by Crippen LogP contribution is -2.17. The van der Waals surface area contributed by atoms with Crippen molar-refractivity contribution in [2.45, 2.75) is 42.9 Å². The third-order valence-electron chi connectivity index (χ3n) is 2.95. The van der Waals surface area contributed by atoms with Gasteiger partial charge in [-0.05, 0) is 12.8 Å². The molecule has 5 heteroatoms. The van der Waals surface area contributed by atoms with E-state index in [4.69, 9.17) is 4.74 Å². The lowest BCUT2D eigenvalue weighted by Gasteiger charge is -2.21. The van der Waals surface area contributed by atoms with Gasteiger partial charge in [-0.3, -0.25) is 0 Å². The quantitative estimate of drug-likeness (QED) is 0.850. The van der Waals surface area contributed by atoms with Crippen molar-refractivity contribution in [3.05, 3.63) is 11.9 Å². The summed E-state index contributed by atoms with van der Waals surface area (Å²) in [6.45, 7) is 5.99. The van der Waals surface area contributed by atoms with E-state index in [0.29, 0.717) is 11.2 Å². The van der Waals surface area contributed by atoms with Gasteiger partial charge < -0.3 is 10.1 Å². The van der Waals surface area contributed by atoms with Gasteiger partial charge in [0, 0.05) is 37.5 Å². The number of anilines is 1. The van der Waals surface area contributed by atoms with E-state index in [2.05, 4.69) is 29.1 Å². The van der Waals surface area contributed by atoms with Gasteiger partial charge in [-0.25, -0.2) is 9.97 Å². The first kappa shape index (κ1) is 13.6. The minimum absolute atomic E-state index is 0.354. The van der Waals surface area contributed by atoms with Crippen molar-refractivity contribution in [2.75, 3.05) is 25.6 Å². The average Bonchev–Trinajstić information content (AvgIpc) is 2.39. The highest BCUT2D eigenvalue weighted by Gasteiger charge is 2.17. The first-order valence-corrected chi connectivity index (χ1v) is 7.38. The monoisotopic (exact) mass is 267 g/mol. The molecule has 0 atom stereocenters. The molecule has 100 valence electrons. The number of hydrogen-bond donors (Lipinski definition) is 1. The van der Waals surface area contributed by atoms with E-state index in [-0.39, 0.29) is 0 Å². The summed E-state index contributed by atoms with van der Waals surface area (Å²) in [7, 11) is 1.90. The Morgan fingerprint density at radius 2 is 2.06 bits per heavy atom. The van der Waals surface area contributed by atoms with Crippen LogP contribution in [0.15, 0.2) is 11.1 Å². The third kappa shape index (κ3) is 3.59. The van der Waals surface area contributed by atoms with Crippen molar-refractivity contribution in [3.63, 3.8) is 0 Å². The van der Waals surface area contributed by atoms with Gasteiger partial charge in [0.15, 0.2) is 0 Å². The Kier molecular flexibility index (Phi) is 4.83. The van der Waals surface area contributed by atoms with Crippen LogP contribution in [0.3, 0.4) is 0 Å². The Morgan fingerprint density at radius 1 is 1.33 bits per heavy atom. The maximum absolute atomic E-state index is 5.39. The van der Waals surface area contributed by atoms with Crippen molar-refractivity contribution in [1.29, 1.82) is 0 Å². The summed E-state index contributed by atoms with van der Waals surface area (Å²) in [5, 5.41) is 4.81. The van der Waals surface area contributed by atoms with E-state index in [1.165, 1.54) is 0 Å². The molecule has 4 nitrogen and oxygen atoms in total. The van der Waals surface area contributed by atoms with Crippen molar-refractivity contribution in [1.82, 2.24) is 9.97 Å². The molecular formula is C13H21N3OS. The maximum atomic E-state index is 5.39. The number of ether oxygens (including phenoxy) is 1. The summed E-state index contributed by atoms with van der Waals surface area (Å²) < 4.78 is 5.39. The molecule has 0 unspecified atom stereocenters. The van der Waals surface area contributed by atoms with Crippen molar-refractivity contribution in [3.8, 4) is 0 Å². The molecule has 0 spiro atoms. The third-order valence-corrected chi connectivity index (χ3v) is 4.20. The Bertz CT molecular complexity index is 392. The predicted molar refractivity (Wildman–Crippen MR) is 75.4 cm³/mol. The summed E-state index contributed by atoms with van der Waals surface area (Å²) in [5.74, 6) is 2.17. The first-order valence-electron chi connectivity index (χ1n) is 6.50. The minimum Gasteiger partial charge on any atom is -0.381 e. The number of thioether (sulfide) groups is 1. The summed E-state index contributed by atoms with van der Waals surface area (Å²) in [4.78, 5) is 9.13. The normalized spacial score (nSPS) is 17.1. The van der Waals surface area contributed by atoms with E-state index in [0.717, 1.165) is 42.7 Å². The van der Waals surface area contributed by atoms with Crippen molar-refractivity contribution in [2.24, 2.45) is 0 Å². The molecule has 1 aromatic heterocycles. The van der Waals surface area contributed by atoms with Crippen molar-refractivity contribution < 1.29 is 4.74 Å². The Morgan fingerprint density at radius 3 is 2.67 bits per heavy atom. The molecule has 1 saturated heterocycles. The van der Waals surface area contributed by atoms with Gasteiger partial charge in [-0.1, -0.05) is 13.8 Å². The maximum Gasteiger partial charge on any atom is 0.134 e. The predicted octanol–water partition coefficient (Wildman–Crippen LogP) is 2.91. The summed E-state index contributed by atoms with van der Waals surface area (Å²) in [5.41, 5.74) is 0. The Hall–Kier alpha value is -0.810. The van der Waals surface area contributed by atoms with E-state index in [1.54, 1.807) is 0 Å². The van der Waals surface area contributed by atoms with Crippen LogP contribution in [-0.4, -0.2) is 35.5 Å². The standard InChI is InChI=1S/C13H21N3OS/c1-9(2)13-15-11(14-3)8-12(16-13)18-10-4-6-17-7-5-10/h8-10H,4-7H2,1-3H3,(H,14,15,16). The van der Waals surface area contributed by atoms with Gasteiger partial charge in [0.1, 0.15) is 16.7 Å². The van der Waals surface area contributed by atoms with Crippen molar-refractivity contribution >= 4 is 17.6 Å². The second kappa shape index (κ2) is 6.38. The van der Waals surface area contributed by atoms with Gasteiger partial charge >= 0.3 is 0 Å². The highest BCUT2D eigenvalue weighted by molar-refractivity contribution is 7.99. The van der Waals surface area contributed by atoms with Crippen LogP contribution in [0.5, 0.6) is 0 Å². The zero-order valence-corrected chi connectivity index (χ0v) is 12.1. The summed E-state index contributed by atoms with van der Waals surface area (Å²) in [6, 6.07) is 2.03. The van der Waals surface area contributed by atoms with E-state index in [1.807, 2.05) is 24.9 Å². The van der Waals surface area contributed by atoms with Crippen LogP contribution in [-0.2, 0) is 4.74 Å². The molecule has 1 aromatic rings. The zero-order valence-electron chi connectivity index (χ0n) is 11.3. The second-order valence-electron chi connectivity index (χ2n) is 4.78. The van der Waals surface area contributed by atoms with Crippen LogP contribution < -0.4 is 5.32 Å². The number of hydrogen-bond acceptors (Lipinski definition) is 5. The molecule has 0 radical (unpaired) electrons. The fourth-order valence-corrected chi connectivity index (χ4v) is 2.95. The van der Waals surface area contributed by atoms with Gasteiger partial charge in [0.05, 0.1) is 0 Å². The van der Waals surface area contributed by atoms with Crippen LogP contribution in [0, 0.1) is 0 Å². The molecule has 0 aromatic carbocycles. The van der Waals surface area contributed by atoms with Crippen LogP contribution in [0.4, 0.5) is 5.82 Å². The molecule has 18 heavy (non-hydrogen) atoms. The molecule has 0 bridgehead atoms. The fraction of sp³-hybridized carbons (Fsp3) is 0.692. The highest BCUT2D eigenvalue weighted by Crippen LogP contribution is 2.30. The largest absolute Gasteiger partial charge is 0.381 e. The van der Waals surface area contributed by atoms with Gasteiger partial charge in [-0.15, -0.1) is 11.8 Å². The molecule has 0 saturated carbocycles. The topological polar surface area (TPSA) is 47.0 Å². The lowest BCUT2D eigenvalue weighted by molar-refractivity contribution is 0.1000. The number of rotatable bonds is 4. The van der Waals surface area contributed by atoms with E-state index in [9.17, 15) is 0 Å². The fourth-order valence-electron chi connectivity index (χ4n) is 1.85. The first-order chi connectivity index (χ1) is 8.69. The highest BCUT2D eigenvalue weighted by atomic mass is 32.2. The smallest absolute Gasteiger partial charge is 0.134 e. The summed E-state index contributed by atoms with van der Waals surface area (Å²) in [6.07, 6.45) is 2.22. The molecule has 2 heterocycles. The van der Waals surface area contributed by atoms with Gasteiger partial charge in [0.2, 0.25) is 0 Å². The molecule has 2 rings (SSSR count). The number of nitrogens with one attached hydrogen (secondary N) is 1. The molecule has 0 aliphatic carbocycles. The average molecular weight is 267 g/mol. The molecular weight excluding hydrogens is 246 g/mol. The van der Waals surface area contributed by atoms with E-state index >= 15 is 0 Å². The van der Waals surface area contributed by atoms with Gasteiger partial charge in [0.25, 0.3) is 0 Å². The second-order valence-corrected chi connectivity index (χ2v) is 6.10. The van der Waals surface area contributed by atoms with Gasteiger partial charge in [-0.2, -0.15) is 0 Å².